The summed E-state index contributed by atoms with van der Waals surface area (Å²) in [5.41, 5.74) is 0.0826. The van der Waals surface area contributed by atoms with Crippen LogP contribution in [0.2, 0.25) is 5.02 Å². The lowest BCUT2D eigenvalue weighted by Gasteiger charge is -2.22. The average Bonchev–Trinajstić information content (AvgIpc) is 2.31. The summed E-state index contributed by atoms with van der Waals surface area (Å²) in [6.07, 6.45) is 1.29. The molecule has 18 heavy (non-hydrogen) atoms. The Bertz CT molecular complexity index is 556. The van der Waals surface area contributed by atoms with Gasteiger partial charge in [-0.25, -0.2) is 9.59 Å². The Morgan fingerprint density at radius 3 is 2.78 bits per heavy atom. The fraction of sp³-hybridized carbons (Fsp3) is 0.0909. The third kappa shape index (κ3) is 2.38. The summed E-state index contributed by atoms with van der Waals surface area (Å²) in [4.78, 5) is 22.1. The number of carbonyl (C=O) groups is 2. The number of nitrogens with one attached hydrogen (secondary N) is 2. The van der Waals surface area contributed by atoms with Gasteiger partial charge in [-0.2, -0.15) is 0 Å². The SMILES string of the molecule is O=C1NC(C(=O)O)=CC(c2cc(Cl)ccc2O)N1. The van der Waals surface area contributed by atoms with Crippen LogP contribution in [-0.4, -0.2) is 22.2 Å². The molecule has 0 spiro atoms. The van der Waals surface area contributed by atoms with Crippen LogP contribution in [0.25, 0.3) is 0 Å². The fourth-order valence-corrected chi connectivity index (χ4v) is 1.80. The quantitative estimate of drug-likeness (QED) is 0.651. The van der Waals surface area contributed by atoms with E-state index in [9.17, 15) is 14.7 Å². The van der Waals surface area contributed by atoms with Crippen molar-refractivity contribution in [2.45, 2.75) is 6.04 Å². The molecule has 6 nitrogen and oxygen atoms in total. The summed E-state index contributed by atoms with van der Waals surface area (Å²) in [6, 6.07) is 2.93. The number of amides is 2. The summed E-state index contributed by atoms with van der Waals surface area (Å²) in [5.74, 6) is -1.33. The Hall–Kier alpha value is -2.21. The molecule has 2 rings (SSSR count). The highest BCUT2D eigenvalue weighted by Gasteiger charge is 2.25. The Labute approximate surface area is 107 Å². The molecule has 1 aromatic carbocycles. The maximum Gasteiger partial charge on any atom is 0.352 e. The first-order valence-corrected chi connectivity index (χ1v) is 5.36. The van der Waals surface area contributed by atoms with Crippen molar-refractivity contribution in [2.75, 3.05) is 0 Å². The fourth-order valence-electron chi connectivity index (χ4n) is 1.62. The van der Waals surface area contributed by atoms with E-state index < -0.39 is 18.0 Å². The van der Waals surface area contributed by atoms with E-state index in [2.05, 4.69) is 10.6 Å². The van der Waals surface area contributed by atoms with Crippen molar-refractivity contribution in [2.24, 2.45) is 0 Å². The monoisotopic (exact) mass is 268 g/mol. The predicted molar refractivity (Wildman–Crippen MR) is 63.2 cm³/mol. The van der Waals surface area contributed by atoms with E-state index in [0.717, 1.165) is 0 Å². The second kappa shape index (κ2) is 4.58. The Morgan fingerprint density at radius 1 is 1.39 bits per heavy atom. The number of aromatic hydroxyl groups is 1. The lowest BCUT2D eigenvalue weighted by molar-refractivity contribution is -0.133. The molecule has 1 aliphatic heterocycles. The van der Waals surface area contributed by atoms with E-state index in [1.165, 1.54) is 24.3 Å². The summed E-state index contributed by atoms with van der Waals surface area (Å²) >= 11 is 5.79. The van der Waals surface area contributed by atoms with Crippen LogP contribution in [0.4, 0.5) is 4.79 Å². The Morgan fingerprint density at radius 2 is 2.11 bits per heavy atom. The number of carbonyl (C=O) groups excluding carboxylic acids is 1. The third-order valence-corrected chi connectivity index (χ3v) is 2.66. The van der Waals surface area contributed by atoms with Gasteiger partial charge in [0, 0.05) is 10.6 Å². The van der Waals surface area contributed by atoms with E-state index in [4.69, 9.17) is 16.7 Å². The van der Waals surface area contributed by atoms with Crippen LogP contribution in [0.15, 0.2) is 30.0 Å². The molecule has 1 unspecified atom stereocenters. The van der Waals surface area contributed by atoms with Crippen LogP contribution >= 0.6 is 11.6 Å². The molecule has 1 aliphatic rings. The zero-order valence-electron chi connectivity index (χ0n) is 8.98. The summed E-state index contributed by atoms with van der Waals surface area (Å²) in [5, 5.41) is 23.5. The number of urea groups is 1. The van der Waals surface area contributed by atoms with Gasteiger partial charge in [0.25, 0.3) is 0 Å². The smallest absolute Gasteiger partial charge is 0.352 e. The van der Waals surface area contributed by atoms with Crippen molar-refractivity contribution in [3.8, 4) is 5.75 Å². The third-order valence-electron chi connectivity index (χ3n) is 2.42. The summed E-state index contributed by atoms with van der Waals surface area (Å²) < 4.78 is 0. The van der Waals surface area contributed by atoms with Crippen LogP contribution in [0.5, 0.6) is 5.75 Å². The van der Waals surface area contributed by atoms with Crippen LogP contribution in [0.1, 0.15) is 11.6 Å². The molecule has 4 N–H and O–H groups in total. The number of aliphatic carboxylic acids is 1. The van der Waals surface area contributed by atoms with Gasteiger partial charge in [0.15, 0.2) is 0 Å². The number of hydrogen-bond donors (Lipinski definition) is 4. The van der Waals surface area contributed by atoms with Crippen LogP contribution in [0.3, 0.4) is 0 Å². The normalized spacial score (nSPS) is 18.6. The molecule has 94 valence electrons. The first kappa shape index (κ1) is 12.3. The van der Waals surface area contributed by atoms with Gasteiger partial charge in [0.2, 0.25) is 0 Å². The molecular formula is C11H9ClN2O4. The molecule has 1 heterocycles. The second-order valence-corrected chi connectivity index (χ2v) is 4.10. The van der Waals surface area contributed by atoms with Gasteiger partial charge >= 0.3 is 12.0 Å². The lowest BCUT2D eigenvalue weighted by atomic mass is 10.0. The molecule has 0 aromatic heterocycles. The number of hydrogen-bond acceptors (Lipinski definition) is 3. The van der Waals surface area contributed by atoms with E-state index in [1.807, 2.05) is 0 Å². The molecule has 0 saturated heterocycles. The van der Waals surface area contributed by atoms with E-state index in [0.29, 0.717) is 10.6 Å². The molecule has 0 aliphatic carbocycles. The Balaban J connectivity index is 2.43. The van der Waals surface area contributed by atoms with E-state index >= 15 is 0 Å². The number of phenolic OH excluding ortho intramolecular Hbond substituents is 1. The van der Waals surface area contributed by atoms with Gasteiger partial charge in [-0.1, -0.05) is 11.6 Å². The van der Waals surface area contributed by atoms with Crippen molar-refractivity contribution in [3.05, 3.63) is 40.6 Å². The molecule has 1 aromatic rings. The average molecular weight is 269 g/mol. The zero-order chi connectivity index (χ0) is 13.3. The van der Waals surface area contributed by atoms with Crippen molar-refractivity contribution in [3.63, 3.8) is 0 Å². The van der Waals surface area contributed by atoms with Crippen molar-refractivity contribution >= 4 is 23.6 Å². The van der Waals surface area contributed by atoms with Crippen molar-refractivity contribution in [1.29, 1.82) is 0 Å². The van der Waals surface area contributed by atoms with Gasteiger partial charge < -0.3 is 20.8 Å². The van der Waals surface area contributed by atoms with Gasteiger partial charge in [-0.3, -0.25) is 0 Å². The number of benzene rings is 1. The van der Waals surface area contributed by atoms with Gasteiger partial charge in [-0.15, -0.1) is 0 Å². The highest BCUT2D eigenvalue weighted by atomic mass is 35.5. The number of carboxylic acid groups (broad SMARTS) is 1. The van der Waals surface area contributed by atoms with Gasteiger partial charge in [0.05, 0.1) is 6.04 Å². The molecule has 0 fully saturated rings. The van der Waals surface area contributed by atoms with Crippen LogP contribution in [0, 0.1) is 0 Å². The zero-order valence-corrected chi connectivity index (χ0v) is 9.73. The molecule has 0 bridgehead atoms. The molecular weight excluding hydrogens is 260 g/mol. The minimum absolute atomic E-state index is 0.0763. The first-order valence-electron chi connectivity index (χ1n) is 4.98. The molecule has 0 radical (unpaired) electrons. The summed E-state index contributed by atoms with van der Waals surface area (Å²) in [6.45, 7) is 0. The summed E-state index contributed by atoms with van der Waals surface area (Å²) in [7, 11) is 0. The maximum atomic E-state index is 11.3. The van der Waals surface area contributed by atoms with Crippen LogP contribution < -0.4 is 10.6 Å². The van der Waals surface area contributed by atoms with Crippen LogP contribution in [-0.2, 0) is 4.79 Å². The van der Waals surface area contributed by atoms with Crippen molar-refractivity contribution in [1.82, 2.24) is 10.6 Å². The largest absolute Gasteiger partial charge is 0.508 e. The topological polar surface area (TPSA) is 98.7 Å². The van der Waals surface area contributed by atoms with Gasteiger partial charge in [0.1, 0.15) is 11.4 Å². The number of phenols is 1. The minimum Gasteiger partial charge on any atom is -0.508 e. The maximum absolute atomic E-state index is 11.3. The highest BCUT2D eigenvalue weighted by molar-refractivity contribution is 6.30. The molecule has 0 saturated carbocycles. The minimum atomic E-state index is -1.25. The van der Waals surface area contributed by atoms with E-state index in [1.54, 1.807) is 0 Å². The number of carboxylic acids is 1. The van der Waals surface area contributed by atoms with Gasteiger partial charge in [-0.05, 0) is 24.3 Å². The molecule has 1 atom stereocenters. The molecule has 7 heteroatoms. The highest BCUT2D eigenvalue weighted by Crippen LogP contribution is 2.29. The first-order chi connectivity index (χ1) is 8.47. The Kier molecular flexibility index (Phi) is 3.12. The second-order valence-electron chi connectivity index (χ2n) is 3.66. The van der Waals surface area contributed by atoms with E-state index in [-0.39, 0.29) is 11.4 Å². The number of halogens is 1. The standard InChI is InChI=1S/C11H9ClN2O4/c12-5-1-2-9(15)6(3-5)7-4-8(10(16)17)14-11(18)13-7/h1-4,7,15H,(H,16,17)(H2,13,14,18). The number of rotatable bonds is 2. The predicted octanol–water partition coefficient (Wildman–Crippen LogP) is 1.37. The molecule has 2 amide bonds. The lowest BCUT2D eigenvalue weighted by Crippen LogP contribution is -2.43. The van der Waals surface area contributed by atoms with Crippen molar-refractivity contribution < 1.29 is 19.8 Å².